The number of methoxy groups -OCH3 is 1. The maximum absolute atomic E-state index is 10.2. The third-order valence-corrected chi connectivity index (χ3v) is 9.61. The van der Waals surface area contributed by atoms with E-state index in [9.17, 15) is 5.11 Å². The number of fused-ring (bicyclic) bond motifs is 3. The molecule has 0 amide bonds. The largest absolute Gasteiger partial charge is 0.486 e. The van der Waals surface area contributed by atoms with Crippen molar-refractivity contribution < 1.29 is 24.1 Å². The molecular formula is C27H38N6O5S. The van der Waals surface area contributed by atoms with Crippen molar-refractivity contribution in [2.75, 3.05) is 63.2 Å². The lowest BCUT2D eigenvalue weighted by Crippen LogP contribution is -2.51. The van der Waals surface area contributed by atoms with E-state index in [4.69, 9.17) is 34.6 Å². The van der Waals surface area contributed by atoms with Crippen LogP contribution in [-0.4, -0.2) is 91.6 Å². The lowest BCUT2D eigenvalue weighted by Gasteiger charge is -2.41. The molecule has 0 aromatic carbocycles. The Hall–Kier alpha value is -2.22. The second kappa shape index (κ2) is 11.3. The molecule has 2 aromatic rings. The van der Waals surface area contributed by atoms with Crippen molar-refractivity contribution in [3.8, 4) is 5.75 Å². The second-order valence-electron chi connectivity index (χ2n) is 11.1. The van der Waals surface area contributed by atoms with Crippen molar-refractivity contribution >= 4 is 23.4 Å². The van der Waals surface area contributed by atoms with Crippen LogP contribution < -0.4 is 20.3 Å². The quantitative estimate of drug-likeness (QED) is 0.363. The molecule has 212 valence electrons. The molecule has 4 atom stereocenters. The molecule has 6 rings (SSSR count). The van der Waals surface area contributed by atoms with E-state index in [2.05, 4.69) is 21.7 Å². The summed E-state index contributed by atoms with van der Waals surface area (Å²) in [6, 6.07) is 2.30. The van der Waals surface area contributed by atoms with Gasteiger partial charge in [0.1, 0.15) is 24.1 Å². The summed E-state index contributed by atoms with van der Waals surface area (Å²) in [5.74, 6) is 2.79. The minimum absolute atomic E-state index is 0.0320. The molecule has 4 aliphatic rings. The molecule has 39 heavy (non-hydrogen) atoms. The molecule has 3 N–H and O–H groups in total. The van der Waals surface area contributed by atoms with Gasteiger partial charge >= 0.3 is 0 Å². The highest BCUT2D eigenvalue weighted by Gasteiger charge is 2.48. The third-order valence-electron chi connectivity index (χ3n) is 8.67. The Kier molecular flexibility index (Phi) is 7.84. The van der Waals surface area contributed by atoms with E-state index in [1.807, 2.05) is 12.3 Å². The first-order valence-corrected chi connectivity index (χ1v) is 14.5. The summed E-state index contributed by atoms with van der Waals surface area (Å²) >= 11 is 1.49. The topological polar surface area (TPSA) is 128 Å². The van der Waals surface area contributed by atoms with Crippen LogP contribution in [-0.2, 0) is 20.8 Å². The van der Waals surface area contributed by atoms with Crippen molar-refractivity contribution in [3.05, 3.63) is 24.2 Å². The highest BCUT2D eigenvalue weighted by atomic mass is 32.2. The normalized spacial score (nSPS) is 27.5. The molecule has 4 aliphatic heterocycles. The van der Waals surface area contributed by atoms with E-state index >= 15 is 0 Å². The molecule has 0 aliphatic carbocycles. The molecule has 1 spiro atoms. The van der Waals surface area contributed by atoms with E-state index in [1.54, 1.807) is 13.3 Å². The Morgan fingerprint density at radius 1 is 1.26 bits per heavy atom. The number of hydrogen-bond donors (Lipinski definition) is 2. The third kappa shape index (κ3) is 5.18. The van der Waals surface area contributed by atoms with Gasteiger partial charge in [-0.05, 0) is 32.3 Å². The number of ether oxygens (including phenoxy) is 4. The molecule has 0 bridgehead atoms. The zero-order chi connectivity index (χ0) is 27.0. The summed E-state index contributed by atoms with van der Waals surface area (Å²) in [6.07, 6.45) is 6.59. The number of aliphatic hydroxyl groups is 1. The standard InChI is InChI=1S/C27H38N6O5S/c1-17-24(28)27(15-38-17)4-7-32(8-5-27)25-20(12-34)31-22(10-30-25)39-21-3-6-29-26-23(21)37-14-19-9-18(11-33(19)26)13-36-16-35-2/h3,6,10,17-19,24,34H,4-5,7-9,11-16,28H2,1-2H3/t17-,18+,19-,24+/m0/s1. The zero-order valence-electron chi connectivity index (χ0n) is 22.6. The van der Waals surface area contributed by atoms with Gasteiger partial charge in [0.15, 0.2) is 17.4 Å². The van der Waals surface area contributed by atoms with Gasteiger partial charge in [-0.25, -0.2) is 15.0 Å². The maximum atomic E-state index is 10.2. The summed E-state index contributed by atoms with van der Waals surface area (Å²) in [4.78, 5) is 19.7. The van der Waals surface area contributed by atoms with Crippen LogP contribution in [0.3, 0.4) is 0 Å². The summed E-state index contributed by atoms with van der Waals surface area (Å²) in [7, 11) is 1.64. The number of aliphatic hydroxyl groups excluding tert-OH is 1. The second-order valence-corrected chi connectivity index (χ2v) is 12.2. The average Bonchev–Trinajstić information content (AvgIpc) is 3.50. The van der Waals surface area contributed by atoms with Gasteiger partial charge in [0.05, 0.1) is 43.1 Å². The predicted molar refractivity (Wildman–Crippen MR) is 146 cm³/mol. The van der Waals surface area contributed by atoms with Gasteiger partial charge in [0, 0.05) is 50.3 Å². The van der Waals surface area contributed by atoms with Gasteiger partial charge in [-0.15, -0.1) is 0 Å². The zero-order valence-corrected chi connectivity index (χ0v) is 23.4. The van der Waals surface area contributed by atoms with E-state index in [1.165, 1.54) is 11.8 Å². The molecule has 0 radical (unpaired) electrons. The lowest BCUT2D eigenvalue weighted by atomic mass is 9.73. The van der Waals surface area contributed by atoms with Crippen LogP contribution in [0.15, 0.2) is 28.4 Å². The number of rotatable bonds is 8. The Morgan fingerprint density at radius 3 is 2.85 bits per heavy atom. The molecule has 3 saturated heterocycles. The number of nitrogens with two attached hydrogens (primary N) is 1. The van der Waals surface area contributed by atoms with Crippen LogP contribution in [0.2, 0.25) is 0 Å². The smallest absolute Gasteiger partial charge is 0.175 e. The van der Waals surface area contributed by atoms with Crippen molar-refractivity contribution in [1.82, 2.24) is 15.0 Å². The van der Waals surface area contributed by atoms with E-state index in [-0.39, 0.29) is 24.2 Å². The molecule has 11 nitrogen and oxygen atoms in total. The number of pyridine rings is 1. The molecule has 12 heteroatoms. The van der Waals surface area contributed by atoms with Gasteiger partial charge in [-0.3, -0.25) is 0 Å². The first-order chi connectivity index (χ1) is 19.0. The molecule has 0 unspecified atom stereocenters. The maximum Gasteiger partial charge on any atom is 0.175 e. The molecule has 2 aromatic heterocycles. The number of aromatic nitrogens is 3. The SMILES string of the molecule is COCOC[C@@H]1C[C@H]2COc3c(Sc4cnc(N5CCC6(CC5)CO[C@@H](C)[C@H]6N)c(CO)n4)ccnc3N2C1. The van der Waals surface area contributed by atoms with Crippen molar-refractivity contribution in [3.63, 3.8) is 0 Å². The van der Waals surface area contributed by atoms with Crippen molar-refractivity contribution in [1.29, 1.82) is 0 Å². The minimum atomic E-state index is -0.176. The van der Waals surface area contributed by atoms with Crippen molar-refractivity contribution in [2.24, 2.45) is 17.1 Å². The Morgan fingerprint density at radius 2 is 2.10 bits per heavy atom. The van der Waals surface area contributed by atoms with Gasteiger partial charge in [0.2, 0.25) is 0 Å². The van der Waals surface area contributed by atoms with Crippen LogP contribution in [0.1, 0.15) is 31.9 Å². The van der Waals surface area contributed by atoms with E-state index in [0.29, 0.717) is 42.7 Å². The summed E-state index contributed by atoms with van der Waals surface area (Å²) < 4.78 is 22.7. The number of piperidine rings is 1. The predicted octanol–water partition coefficient (Wildman–Crippen LogP) is 2.06. The average molecular weight is 559 g/mol. The van der Waals surface area contributed by atoms with Crippen LogP contribution in [0.25, 0.3) is 0 Å². The highest BCUT2D eigenvalue weighted by molar-refractivity contribution is 7.99. The van der Waals surface area contributed by atoms with Gasteiger partial charge in [-0.1, -0.05) is 11.8 Å². The fourth-order valence-corrected chi connectivity index (χ4v) is 7.30. The van der Waals surface area contributed by atoms with Crippen LogP contribution in [0, 0.1) is 11.3 Å². The summed E-state index contributed by atoms with van der Waals surface area (Å²) in [5.41, 5.74) is 7.10. The summed E-state index contributed by atoms with van der Waals surface area (Å²) in [5, 5.41) is 10.9. The first-order valence-electron chi connectivity index (χ1n) is 13.7. The Balaban J connectivity index is 1.15. The van der Waals surface area contributed by atoms with E-state index in [0.717, 1.165) is 67.8 Å². The van der Waals surface area contributed by atoms with Crippen molar-refractivity contribution in [2.45, 2.75) is 60.9 Å². The highest BCUT2D eigenvalue weighted by Crippen LogP contribution is 2.45. The number of nitrogens with zero attached hydrogens (tertiary/aromatic N) is 5. The Bertz CT molecular complexity index is 1170. The fourth-order valence-electron chi connectivity index (χ4n) is 6.44. The fraction of sp³-hybridized carbons (Fsp3) is 0.667. The Labute approximate surface area is 233 Å². The molecular weight excluding hydrogens is 520 g/mol. The van der Waals surface area contributed by atoms with Crippen LogP contribution >= 0.6 is 11.8 Å². The van der Waals surface area contributed by atoms with Gasteiger partial charge < -0.3 is 39.6 Å². The van der Waals surface area contributed by atoms with Crippen LogP contribution in [0.5, 0.6) is 5.75 Å². The minimum Gasteiger partial charge on any atom is -0.486 e. The number of hydrogen-bond acceptors (Lipinski definition) is 12. The molecule has 3 fully saturated rings. The van der Waals surface area contributed by atoms with E-state index < -0.39 is 0 Å². The van der Waals surface area contributed by atoms with Crippen LogP contribution in [0.4, 0.5) is 11.6 Å². The molecule has 0 saturated carbocycles. The summed E-state index contributed by atoms with van der Waals surface area (Å²) in [6.45, 7) is 6.70. The first kappa shape index (κ1) is 27.0. The molecule has 6 heterocycles. The monoisotopic (exact) mass is 558 g/mol. The van der Waals surface area contributed by atoms with Gasteiger partial charge in [-0.2, -0.15) is 0 Å². The van der Waals surface area contributed by atoms with Gasteiger partial charge in [0.25, 0.3) is 0 Å². The lowest BCUT2D eigenvalue weighted by molar-refractivity contribution is -0.0414. The number of anilines is 2.